The molecule has 1 aliphatic rings. The third kappa shape index (κ3) is 2.81. The molecule has 0 unspecified atom stereocenters. The Hall–Kier alpha value is -1.90. The van der Waals surface area contributed by atoms with Crippen LogP contribution in [0.1, 0.15) is 24.8 Å². The second kappa shape index (κ2) is 4.95. The van der Waals surface area contributed by atoms with Crippen molar-refractivity contribution in [3.63, 3.8) is 0 Å². The van der Waals surface area contributed by atoms with Crippen molar-refractivity contribution in [2.45, 2.75) is 26.2 Å². The van der Waals surface area contributed by atoms with E-state index in [9.17, 15) is 9.59 Å². The van der Waals surface area contributed by atoms with Crippen molar-refractivity contribution < 1.29 is 9.59 Å². The number of Topliss-reactive ketones (excluding diaryl/α,β-unsaturated/α-hetero) is 2. The van der Waals surface area contributed by atoms with E-state index in [2.05, 4.69) is 5.32 Å². The molecule has 1 aromatic rings. The maximum Gasteiger partial charge on any atom is 0.167 e. The predicted molar refractivity (Wildman–Crippen MR) is 66.7 cm³/mol. The van der Waals surface area contributed by atoms with Crippen LogP contribution in [0.15, 0.2) is 36.0 Å². The Morgan fingerprint density at radius 2 is 1.65 bits per heavy atom. The number of anilines is 1. The topological polar surface area (TPSA) is 46.2 Å². The molecule has 2 rings (SSSR count). The van der Waals surface area contributed by atoms with Gasteiger partial charge in [0.25, 0.3) is 0 Å². The van der Waals surface area contributed by atoms with Crippen LogP contribution in [0.3, 0.4) is 0 Å². The van der Waals surface area contributed by atoms with Gasteiger partial charge in [-0.15, -0.1) is 0 Å². The van der Waals surface area contributed by atoms with Gasteiger partial charge in [-0.25, -0.2) is 0 Å². The van der Waals surface area contributed by atoms with Crippen molar-refractivity contribution >= 4 is 17.3 Å². The number of hydrogen-bond donors (Lipinski definition) is 1. The number of carbonyl (C=O) groups is 2. The Bertz CT molecular complexity index is 454. The van der Waals surface area contributed by atoms with Crippen molar-refractivity contribution in [1.29, 1.82) is 0 Å². The molecule has 1 aromatic carbocycles. The summed E-state index contributed by atoms with van der Waals surface area (Å²) in [6.45, 7) is 2.01. The van der Waals surface area contributed by atoms with Crippen LogP contribution in [0, 0.1) is 6.92 Å². The van der Waals surface area contributed by atoms with Gasteiger partial charge in [-0.2, -0.15) is 0 Å². The van der Waals surface area contributed by atoms with E-state index in [1.807, 2.05) is 31.2 Å². The van der Waals surface area contributed by atoms with Crippen molar-refractivity contribution in [2.24, 2.45) is 0 Å². The van der Waals surface area contributed by atoms with Crippen molar-refractivity contribution in [1.82, 2.24) is 0 Å². The number of rotatable bonds is 2. The average molecular weight is 229 g/mol. The molecule has 0 atom stereocenters. The largest absolute Gasteiger partial charge is 0.361 e. The van der Waals surface area contributed by atoms with E-state index in [0.717, 1.165) is 5.69 Å². The number of carbonyl (C=O) groups excluding carboxylic acids is 2. The molecular formula is C14H15NO2. The molecule has 1 N–H and O–H groups in total. The summed E-state index contributed by atoms with van der Waals surface area (Å²) in [5.41, 5.74) is 2.36. The van der Waals surface area contributed by atoms with E-state index in [1.54, 1.807) is 0 Å². The van der Waals surface area contributed by atoms with Gasteiger partial charge >= 0.3 is 0 Å². The summed E-state index contributed by atoms with van der Waals surface area (Å²) in [4.78, 5) is 23.1. The minimum Gasteiger partial charge on any atom is -0.361 e. The Balaban J connectivity index is 2.11. The first-order chi connectivity index (χ1) is 8.16. The van der Waals surface area contributed by atoms with Gasteiger partial charge in [0.1, 0.15) is 0 Å². The number of nitrogens with one attached hydrogen (secondary N) is 1. The molecule has 1 fully saturated rings. The normalized spacial score (nSPS) is 15.9. The van der Waals surface area contributed by atoms with Gasteiger partial charge in [0.05, 0.1) is 5.57 Å². The summed E-state index contributed by atoms with van der Waals surface area (Å²) in [5.74, 6) is -0.110. The highest BCUT2D eigenvalue weighted by molar-refractivity contribution is 6.21. The molecule has 0 radical (unpaired) electrons. The first-order valence-electron chi connectivity index (χ1n) is 5.76. The minimum atomic E-state index is -0.0548. The van der Waals surface area contributed by atoms with Gasteiger partial charge < -0.3 is 5.32 Å². The molecule has 17 heavy (non-hydrogen) atoms. The van der Waals surface area contributed by atoms with Crippen molar-refractivity contribution in [3.05, 3.63) is 41.6 Å². The predicted octanol–water partition coefficient (Wildman–Crippen LogP) is 2.61. The Morgan fingerprint density at radius 3 is 2.24 bits per heavy atom. The van der Waals surface area contributed by atoms with E-state index in [4.69, 9.17) is 0 Å². The van der Waals surface area contributed by atoms with E-state index >= 15 is 0 Å². The van der Waals surface area contributed by atoms with Crippen LogP contribution in [0.25, 0.3) is 0 Å². The molecule has 0 amide bonds. The zero-order valence-electron chi connectivity index (χ0n) is 9.82. The molecule has 1 saturated carbocycles. The van der Waals surface area contributed by atoms with Crippen LogP contribution in [-0.2, 0) is 9.59 Å². The van der Waals surface area contributed by atoms with Gasteiger partial charge in [0, 0.05) is 24.7 Å². The van der Waals surface area contributed by atoms with Crippen LogP contribution in [0.5, 0.6) is 0 Å². The molecule has 1 aliphatic carbocycles. The Labute approximate surface area is 101 Å². The summed E-state index contributed by atoms with van der Waals surface area (Å²) < 4.78 is 0. The third-order valence-electron chi connectivity index (χ3n) is 2.84. The van der Waals surface area contributed by atoms with Crippen LogP contribution >= 0.6 is 0 Å². The number of benzene rings is 1. The molecule has 0 spiro atoms. The smallest absolute Gasteiger partial charge is 0.167 e. The van der Waals surface area contributed by atoms with E-state index < -0.39 is 0 Å². The van der Waals surface area contributed by atoms with Crippen LogP contribution < -0.4 is 5.32 Å². The van der Waals surface area contributed by atoms with Gasteiger partial charge in [0.2, 0.25) is 0 Å². The summed E-state index contributed by atoms with van der Waals surface area (Å²) in [6, 6.07) is 7.80. The second-order valence-electron chi connectivity index (χ2n) is 4.27. The van der Waals surface area contributed by atoms with Crippen molar-refractivity contribution in [3.8, 4) is 0 Å². The fourth-order valence-electron chi connectivity index (χ4n) is 1.80. The number of ketones is 2. The van der Waals surface area contributed by atoms with Gasteiger partial charge in [-0.1, -0.05) is 17.7 Å². The summed E-state index contributed by atoms with van der Waals surface area (Å²) in [6.07, 6.45) is 3.17. The molecule has 3 heteroatoms. The number of allylic oxidation sites excluding steroid dienone is 1. The second-order valence-corrected chi connectivity index (χ2v) is 4.27. The monoisotopic (exact) mass is 229 g/mol. The molecule has 0 saturated heterocycles. The highest BCUT2D eigenvalue weighted by atomic mass is 16.1. The first-order valence-corrected chi connectivity index (χ1v) is 5.76. The lowest BCUT2D eigenvalue weighted by Crippen LogP contribution is -2.19. The highest BCUT2D eigenvalue weighted by Gasteiger charge is 2.22. The Kier molecular flexibility index (Phi) is 3.38. The molecule has 0 aromatic heterocycles. The molecule has 88 valence electrons. The maximum atomic E-state index is 11.6. The summed E-state index contributed by atoms with van der Waals surface area (Å²) in [7, 11) is 0. The maximum absolute atomic E-state index is 11.6. The van der Waals surface area contributed by atoms with Crippen LogP contribution in [-0.4, -0.2) is 11.6 Å². The first kappa shape index (κ1) is 11.6. The Morgan fingerprint density at radius 1 is 1.06 bits per heavy atom. The van der Waals surface area contributed by atoms with Crippen molar-refractivity contribution in [2.75, 3.05) is 5.32 Å². The number of hydrogen-bond acceptors (Lipinski definition) is 3. The van der Waals surface area contributed by atoms with Crippen LogP contribution in [0.4, 0.5) is 5.69 Å². The highest BCUT2D eigenvalue weighted by Crippen LogP contribution is 2.17. The van der Waals surface area contributed by atoms with E-state index in [1.165, 1.54) is 11.8 Å². The molecule has 0 heterocycles. The molecule has 0 bridgehead atoms. The van der Waals surface area contributed by atoms with Crippen LogP contribution in [0.2, 0.25) is 0 Å². The summed E-state index contributed by atoms with van der Waals surface area (Å²) >= 11 is 0. The minimum absolute atomic E-state index is 0.0548. The quantitative estimate of drug-likeness (QED) is 0.626. The average Bonchev–Trinajstić information content (AvgIpc) is 2.31. The van der Waals surface area contributed by atoms with Gasteiger partial charge in [-0.3, -0.25) is 9.59 Å². The zero-order valence-corrected chi connectivity index (χ0v) is 9.82. The van der Waals surface area contributed by atoms with E-state index in [0.29, 0.717) is 24.8 Å². The fourth-order valence-corrected chi connectivity index (χ4v) is 1.80. The summed E-state index contributed by atoms with van der Waals surface area (Å²) in [5, 5.41) is 3.00. The number of aryl methyl sites for hydroxylation is 1. The SMILES string of the molecule is Cc1ccc(NC=C2C(=O)CCCC2=O)cc1. The lowest BCUT2D eigenvalue weighted by atomic mass is 9.93. The lowest BCUT2D eigenvalue weighted by molar-refractivity contribution is -0.123. The molecular weight excluding hydrogens is 214 g/mol. The zero-order chi connectivity index (χ0) is 12.3. The molecule has 0 aliphatic heterocycles. The standard InChI is InChI=1S/C14H15NO2/c1-10-5-7-11(8-6-10)15-9-12-13(16)3-2-4-14(12)17/h5-9,15H,2-4H2,1H3. The third-order valence-corrected chi connectivity index (χ3v) is 2.84. The fraction of sp³-hybridized carbons (Fsp3) is 0.286. The lowest BCUT2D eigenvalue weighted by Gasteiger charge is -2.11. The van der Waals surface area contributed by atoms with Gasteiger partial charge in [0.15, 0.2) is 11.6 Å². The van der Waals surface area contributed by atoms with Gasteiger partial charge in [-0.05, 0) is 25.5 Å². The molecule has 3 nitrogen and oxygen atoms in total. The van der Waals surface area contributed by atoms with E-state index in [-0.39, 0.29) is 11.6 Å².